The van der Waals surface area contributed by atoms with Crippen LogP contribution in [-0.4, -0.2) is 17.8 Å². The van der Waals surface area contributed by atoms with Crippen LogP contribution in [0.3, 0.4) is 0 Å². The van der Waals surface area contributed by atoms with Gasteiger partial charge in [-0.1, -0.05) is 30.9 Å². The Labute approximate surface area is 109 Å². The Morgan fingerprint density at radius 1 is 1.22 bits per heavy atom. The van der Waals surface area contributed by atoms with E-state index in [0.29, 0.717) is 6.10 Å². The quantitative estimate of drug-likeness (QED) is 0.810. The molecule has 0 heterocycles. The van der Waals surface area contributed by atoms with E-state index in [9.17, 15) is 0 Å². The van der Waals surface area contributed by atoms with Gasteiger partial charge in [0.05, 0.1) is 11.7 Å². The Kier molecular flexibility index (Phi) is 4.66. The average Bonchev–Trinajstić information content (AvgIpc) is 2.40. The van der Waals surface area contributed by atoms with E-state index in [1.54, 1.807) is 0 Å². The molecule has 0 atom stereocenters. The number of rotatable bonds is 2. The number of aliphatic hydroxyl groups excluding tert-OH is 1. The minimum Gasteiger partial charge on any atom is -0.489 e. The van der Waals surface area contributed by atoms with Crippen LogP contribution < -0.4 is 4.74 Å². The molecule has 1 saturated carbocycles. The summed E-state index contributed by atoms with van der Waals surface area (Å²) in [7, 11) is 0. The van der Waals surface area contributed by atoms with Crippen LogP contribution in [0.4, 0.5) is 0 Å². The second kappa shape index (κ2) is 6.47. The highest BCUT2D eigenvalue weighted by atomic mass is 16.5. The number of aliphatic hydroxyl groups is 1. The average molecular weight is 244 g/mol. The molecule has 1 N–H and O–H groups in total. The van der Waals surface area contributed by atoms with Crippen LogP contribution in [0.25, 0.3) is 0 Å². The lowest BCUT2D eigenvalue weighted by molar-refractivity contribution is 0.135. The van der Waals surface area contributed by atoms with E-state index in [1.165, 1.54) is 12.8 Å². The van der Waals surface area contributed by atoms with Crippen LogP contribution in [-0.2, 0) is 0 Å². The molecule has 18 heavy (non-hydrogen) atoms. The van der Waals surface area contributed by atoms with Gasteiger partial charge in [0.15, 0.2) is 0 Å². The number of hydrogen-bond acceptors (Lipinski definition) is 2. The standard InChI is InChI=1S/C16H20O2/c1-13-8-10-15(11-9-13)18-16-7-3-2-5-14(16)6-4-12-17/h2-3,5,7,13,15,17H,8-12H2,1H3. The third kappa shape index (κ3) is 3.51. The first-order valence-corrected chi connectivity index (χ1v) is 6.65. The van der Waals surface area contributed by atoms with E-state index in [4.69, 9.17) is 9.84 Å². The van der Waals surface area contributed by atoms with E-state index < -0.39 is 0 Å². The predicted molar refractivity (Wildman–Crippen MR) is 72.5 cm³/mol. The van der Waals surface area contributed by atoms with Crippen LogP contribution in [0.5, 0.6) is 5.75 Å². The van der Waals surface area contributed by atoms with E-state index in [-0.39, 0.29) is 6.61 Å². The second-order valence-corrected chi connectivity index (χ2v) is 4.96. The van der Waals surface area contributed by atoms with Crippen LogP contribution in [0.15, 0.2) is 24.3 Å². The van der Waals surface area contributed by atoms with E-state index in [0.717, 1.165) is 30.1 Å². The van der Waals surface area contributed by atoms with Gasteiger partial charge < -0.3 is 9.84 Å². The lowest BCUT2D eigenvalue weighted by Gasteiger charge is -2.27. The van der Waals surface area contributed by atoms with Gasteiger partial charge in [0.2, 0.25) is 0 Å². The minimum absolute atomic E-state index is 0.116. The first-order valence-electron chi connectivity index (χ1n) is 6.65. The van der Waals surface area contributed by atoms with Crippen molar-refractivity contribution in [2.24, 2.45) is 5.92 Å². The summed E-state index contributed by atoms with van der Waals surface area (Å²) in [6, 6.07) is 7.80. The molecule has 2 heteroatoms. The monoisotopic (exact) mass is 244 g/mol. The SMILES string of the molecule is CC1CCC(Oc2ccccc2C#CCO)CC1. The van der Waals surface area contributed by atoms with Gasteiger partial charge in [-0.05, 0) is 43.7 Å². The van der Waals surface area contributed by atoms with E-state index >= 15 is 0 Å². The van der Waals surface area contributed by atoms with Crippen molar-refractivity contribution in [3.8, 4) is 17.6 Å². The Balaban J connectivity index is 2.04. The molecule has 1 aromatic carbocycles. The zero-order chi connectivity index (χ0) is 12.8. The molecular formula is C16H20O2. The molecule has 1 aromatic rings. The van der Waals surface area contributed by atoms with Gasteiger partial charge in [-0.15, -0.1) is 0 Å². The van der Waals surface area contributed by atoms with Gasteiger partial charge in [0.25, 0.3) is 0 Å². The molecule has 0 amide bonds. The van der Waals surface area contributed by atoms with Crippen LogP contribution in [0.2, 0.25) is 0 Å². The molecule has 96 valence electrons. The molecular weight excluding hydrogens is 224 g/mol. The highest BCUT2D eigenvalue weighted by Crippen LogP contribution is 2.28. The van der Waals surface area contributed by atoms with Crippen LogP contribution >= 0.6 is 0 Å². The number of hydrogen-bond donors (Lipinski definition) is 1. The summed E-state index contributed by atoms with van der Waals surface area (Å²) in [4.78, 5) is 0. The number of ether oxygens (including phenoxy) is 1. The largest absolute Gasteiger partial charge is 0.489 e. The van der Waals surface area contributed by atoms with Crippen molar-refractivity contribution in [3.63, 3.8) is 0 Å². The summed E-state index contributed by atoms with van der Waals surface area (Å²) in [5, 5.41) is 8.75. The fourth-order valence-corrected chi connectivity index (χ4v) is 2.33. The van der Waals surface area contributed by atoms with Crippen molar-refractivity contribution in [2.75, 3.05) is 6.61 Å². The maximum absolute atomic E-state index is 8.75. The molecule has 0 unspecified atom stereocenters. The molecule has 0 saturated heterocycles. The lowest BCUT2D eigenvalue weighted by atomic mass is 9.89. The normalized spacial score (nSPS) is 23.0. The summed E-state index contributed by atoms with van der Waals surface area (Å²) < 4.78 is 6.05. The maximum atomic E-state index is 8.75. The fourth-order valence-electron chi connectivity index (χ4n) is 2.33. The van der Waals surface area contributed by atoms with Gasteiger partial charge in [0.1, 0.15) is 12.4 Å². The summed E-state index contributed by atoms with van der Waals surface area (Å²) in [6.45, 7) is 2.19. The molecule has 0 bridgehead atoms. The fraction of sp³-hybridized carbons (Fsp3) is 0.500. The Morgan fingerprint density at radius 3 is 2.67 bits per heavy atom. The van der Waals surface area contributed by atoms with Gasteiger partial charge in [-0.25, -0.2) is 0 Å². The highest BCUT2D eigenvalue weighted by molar-refractivity contribution is 5.46. The smallest absolute Gasteiger partial charge is 0.135 e. The summed E-state index contributed by atoms with van der Waals surface area (Å²) in [5.74, 6) is 7.28. The molecule has 2 rings (SSSR count). The molecule has 0 radical (unpaired) electrons. The maximum Gasteiger partial charge on any atom is 0.135 e. The first-order chi connectivity index (χ1) is 8.79. The third-order valence-electron chi connectivity index (χ3n) is 3.45. The summed E-state index contributed by atoms with van der Waals surface area (Å²) >= 11 is 0. The molecule has 1 fully saturated rings. The lowest BCUT2D eigenvalue weighted by Crippen LogP contribution is -2.23. The highest BCUT2D eigenvalue weighted by Gasteiger charge is 2.20. The summed E-state index contributed by atoms with van der Waals surface area (Å²) in [5.41, 5.74) is 0.866. The number of para-hydroxylation sites is 1. The van der Waals surface area contributed by atoms with Crippen LogP contribution in [0, 0.1) is 17.8 Å². The predicted octanol–water partition coefficient (Wildman–Crippen LogP) is 2.99. The van der Waals surface area contributed by atoms with E-state index in [2.05, 4.69) is 18.8 Å². The second-order valence-electron chi connectivity index (χ2n) is 4.96. The molecule has 0 spiro atoms. The van der Waals surface area contributed by atoms with Crippen molar-refractivity contribution in [1.29, 1.82) is 0 Å². The zero-order valence-corrected chi connectivity index (χ0v) is 10.9. The molecule has 0 aromatic heterocycles. The van der Waals surface area contributed by atoms with Gasteiger partial charge in [-0.3, -0.25) is 0 Å². The van der Waals surface area contributed by atoms with Gasteiger partial charge in [-0.2, -0.15) is 0 Å². The summed E-state index contributed by atoms with van der Waals surface area (Å²) in [6.07, 6.45) is 5.06. The van der Waals surface area contributed by atoms with Gasteiger partial charge in [0, 0.05) is 0 Å². The van der Waals surface area contributed by atoms with Crippen molar-refractivity contribution < 1.29 is 9.84 Å². The van der Waals surface area contributed by atoms with Crippen molar-refractivity contribution in [2.45, 2.75) is 38.7 Å². The number of benzene rings is 1. The van der Waals surface area contributed by atoms with Crippen LogP contribution in [0.1, 0.15) is 38.2 Å². The first kappa shape index (κ1) is 13.0. The zero-order valence-electron chi connectivity index (χ0n) is 10.9. The van der Waals surface area contributed by atoms with Crippen molar-refractivity contribution in [1.82, 2.24) is 0 Å². The molecule has 2 nitrogen and oxygen atoms in total. The third-order valence-corrected chi connectivity index (χ3v) is 3.45. The molecule has 1 aliphatic rings. The van der Waals surface area contributed by atoms with Crippen molar-refractivity contribution >= 4 is 0 Å². The minimum atomic E-state index is -0.116. The van der Waals surface area contributed by atoms with E-state index in [1.807, 2.05) is 24.3 Å². The molecule has 1 aliphatic carbocycles. The Bertz CT molecular complexity index is 434. The van der Waals surface area contributed by atoms with Gasteiger partial charge >= 0.3 is 0 Å². The topological polar surface area (TPSA) is 29.5 Å². The Hall–Kier alpha value is -1.46. The van der Waals surface area contributed by atoms with Crippen molar-refractivity contribution in [3.05, 3.63) is 29.8 Å². The molecule has 0 aliphatic heterocycles. The Morgan fingerprint density at radius 2 is 1.94 bits per heavy atom.